The molecule has 1 rings (SSSR count). The van der Waals surface area contributed by atoms with Crippen molar-refractivity contribution in [2.75, 3.05) is 18.1 Å². The van der Waals surface area contributed by atoms with E-state index in [-0.39, 0.29) is 17.9 Å². The SMILES string of the molecule is CC(C)C[C@@H](NC(=O)CSCC1CCCCO1)C(=O)O. The van der Waals surface area contributed by atoms with Crippen molar-refractivity contribution in [2.24, 2.45) is 5.92 Å². The zero-order valence-electron chi connectivity index (χ0n) is 12.3. The smallest absolute Gasteiger partial charge is 0.326 e. The Balaban J connectivity index is 2.21. The molecule has 2 atom stereocenters. The lowest BCUT2D eigenvalue weighted by atomic mass is 10.0. The zero-order valence-corrected chi connectivity index (χ0v) is 13.1. The third kappa shape index (κ3) is 7.14. The third-order valence-corrected chi connectivity index (χ3v) is 4.23. The number of carboxylic acid groups (broad SMARTS) is 1. The molecule has 20 heavy (non-hydrogen) atoms. The number of ether oxygens (including phenoxy) is 1. The molecule has 0 aromatic rings. The minimum absolute atomic E-state index is 0.209. The fourth-order valence-corrected chi connectivity index (χ4v) is 3.06. The number of amides is 1. The Hall–Kier alpha value is -0.750. The van der Waals surface area contributed by atoms with Crippen molar-refractivity contribution in [3.05, 3.63) is 0 Å². The molecule has 1 aliphatic heterocycles. The monoisotopic (exact) mass is 303 g/mol. The van der Waals surface area contributed by atoms with E-state index in [1.54, 1.807) is 0 Å². The molecule has 0 radical (unpaired) electrons. The van der Waals surface area contributed by atoms with E-state index in [4.69, 9.17) is 9.84 Å². The van der Waals surface area contributed by atoms with Crippen LogP contribution in [-0.2, 0) is 14.3 Å². The second-order valence-electron chi connectivity index (χ2n) is 5.59. The van der Waals surface area contributed by atoms with Gasteiger partial charge >= 0.3 is 5.97 Å². The highest BCUT2D eigenvalue weighted by atomic mass is 32.2. The van der Waals surface area contributed by atoms with Crippen LogP contribution >= 0.6 is 11.8 Å². The zero-order chi connectivity index (χ0) is 15.0. The van der Waals surface area contributed by atoms with Crippen molar-refractivity contribution in [2.45, 2.75) is 51.7 Å². The molecule has 6 heteroatoms. The van der Waals surface area contributed by atoms with Crippen LogP contribution in [0.4, 0.5) is 0 Å². The van der Waals surface area contributed by atoms with Gasteiger partial charge in [0.25, 0.3) is 0 Å². The van der Waals surface area contributed by atoms with Crippen molar-refractivity contribution in [1.82, 2.24) is 5.32 Å². The summed E-state index contributed by atoms with van der Waals surface area (Å²) in [5.41, 5.74) is 0. The molecule has 1 saturated heterocycles. The molecule has 0 aliphatic carbocycles. The van der Waals surface area contributed by atoms with Crippen LogP contribution in [0.2, 0.25) is 0 Å². The predicted molar refractivity (Wildman–Crippen MR) is 79.9 cm³/mol. The van der Waals surface area contributed by atoms with Crippen LogP contribution in [0.25, 0.3) is 0 Å². The lowest BCUT2D eigenvalue weighted by Crippen LogP contribution is -2.42. The van der Waals surface area contributed by atoms with Gasteiger partial charge in [-0.2, -0.15) is 0 Å². The van der Waals surface area contributed by atoms with Gasteiger partial charge in [0.05, 0.1) is 11.9 Å². The average Bonchev–Trinajstić information content (AvgIpc) is 2.38. The van der Waals surface area contributed by atoms with Crippen molar-refractivity contribution < 1.29 is 19.4 Å². The summed E-state index contributed by atoms with van der Waals surface area (Å²) < 4.78 is 5.59. The first-order valence-corrected chi connectivity index (χ1v) is 8.36. The molecular weight excluding hydrogens is 278 g/mol. The summed E-state index contributed by atoms with van der Waals surface area (Å²) in [7, 11) is 0. The molecular formula is C14H25NO4S. The van der Waals surface area contributed by atoms with Gasteiger partial charge in [-0.1, -0.05) is 13.8 Å². The summed E-state index contributed by atoms with van der Waals surface area (Å²) in [5, 5.41) is 11.6. The number of hydrogen-bond acceptors (Lipinski definition) is 4. The Morgan fingerprint density at radius 3 is 2.70 bits per heavy atom. The fourth-order valence-electron chi connectivity index (χ4n) is 2.15. The second-order valence-corrected chi connectivity index (χ2v) is 6.62. The van der Waals surface area contributed by atoms with Gasteiger partial charge in [0.1, 0.15) is 6.04 Å². The average molecular weight is 303 g/mol. The summed E-state index contributed by atoms with van der Waals surface area (Å²) in [5.74, 6) is 0.156. The van der Waals surface area contributed by atoms with E-state index in [1.807, 2.05) is 13.8 Å². The van der Waals surface area contributed by atoms with Gasteiger partial charge in [-0.05, 0) is 31.6 Å². The van der Waals surface area contributed by atoms with E-state index < -0.39 is 12.0 Å². The Kier molecular flexibility index (Phi) is 7.99. The van der Waals surface area contributed by atoms with Crippen LogP contribution in [0.5, 0.6) is 0 Å². The summed E-state index contributed by atoms with van der Waals surface area (Å²) in [6.45, 7) is 4.70. The summed E-state index contributed by atoms with van der Waals surface area (Å²) >= 11 is 1.51. The molecule has 2 N–H and O–H groups in total. The highest BCUT2D eigenvalue weighted by molar-refractivity contribution is 7.99. The Morgan fingerprint density at radius 2 is 2.15 bits per heavy atom. The third-order valence-electron chi connectivity index (χ3n) is 3.15. The van der Waals surface area contributed by atoms with E-state index in [1.165, 1.54) is 18.2 Å². The predicted octanol–water partition coefficient (Wildman–Crippen LogP) is 1.90. The summed E-state index contributed by atoms with van der Waals surface area (Å²) in [6.07, 6.45) is 4.06. The molecule has 1 fully saturated rings. The van der Waals surface area contributed by atoms with Crippen molar-refractivity contribution in [3.8, 4) is 0 Å². The molecule has 0 aromatic carbocycles. The normalized spacial score (nSPS) is 20.6. The first-order valence-electron chi connectivity index (χ1n) is 7.20. The Bertz CT molecular complexity index is 316. The van der Waals surface area contributed by atoms with Gasteiger partial charge in [0.2, 0.25) is 5.91 Å². The first kappa shape index (κ1) is 17.3. The van der Waals surface area contributed by atoms with Gasteiger partial charge in [0, 0.05) is 12.4 Å². The van der Waals surface area contributed by atoms with Gasteiger partial charge in [-0.3, -0.25) is 4.79 Å². The van der Waals surface area contributed by atoms with Crippen LogP contribution in [0.3, 0.4) is 0 Å². The molecule has 0 bridgehead atoms. The Labute approximate surface area is 124 Å². The number of hydrogen-bond donors (Lipinski definition) is 2. The second kappa shape index (κ2) is 9.23. The van der Waals surface area contributed by atoms with Crippen molar-refractivity contribution >= 4 is 23.6 Å². The highest BCUT2D eigenvalue weighted by Crippen LogP contribution is 2.17. The molecule has 116 valence electrons. The number of aliphatic carboxylic acids is 1. The number of carbonyl (C=O) groups excluding carboxylic acids is 1. The molecule has 1 amide bonds. The number of thioether (sulfide) groups is 1. The number of nitrogens with one attached hydrogen (secondary N) is 1. The highest BCUT2D eigenvalue weighted by Gasteiger charge is 2.21. The largest absolute Gasteiger partial charge is 0.480 e. The molecule has 0 saturated carbocycles. The van der Waals surface area contributed by atoms with Crippen LogP contribution in [0.15, 0.2) is 0 Å². The van der Waals surface area contributed by atoms with E-state index in [2.05, 4.69) is 5.32 Å². The minimum atomic E-state index is -0.965. The molecule has 1 aliphatic rings. The molecule has 0 aromatic heterocycles. The standard InChI is InChI=1S/C14H25NO4S/c1-10(2)7-12(14(17)18)15-13(16)9-20-8-11-5-3-4-6-19-11/h10-12H,3-9H2,1-2H3,(H,15,16)(H,17,18)/t11?,12-/m1/s1. The van der Waals surface area contributed by atoms with Gasteiger partial charge in [0.15, 0.2) is 0 Å². The van der Waals surface area contributed by atoms with E-state index >= 15 is 0 Å². The topological polar surface area (TPSA) is 75.6 Å². The number of rotatable bonds is 8. The van der Waals surface area contributed by atoms with E-state index in [9.17, 15) is 9.59 Å². The maximum atomic E-state index is 11.7. The summed E-state index contributed by atoms with van der Waals surface area (Å²) in [6, 6.07) is -0.783. The number of carboxylic acids is 1. The maximum absolute atomic E-state index is 11.7. The quantitative estimate of drug-likeness (QED) is 0.716. The van der Waals surface area contributed by atoms with Crippen LogP contribution in [0, 0.1) is 5.92 Å². The fraction of sp³-hybridized carbons (Fsp3) is 0.857. The van der Waals surface area contributed by atoms with E-state index in [0.717, 1.165) is 25.2 Å². The van der Waals surface area contributed by atoms with Gasteiger partial charge in [-0.25, -0.2) is 4.79 Å². The van der Waals surface area contributed by atoms with Gasteiger partial charge < -0.3 is 15.2 Å². The molecule has 1 unspecified atom stereocenters. The summed E-state index contributed by atoms with van der Waals surface area (Å²) in [4.78, 5) is 22.8. The van der Waals surface area contributed by atoms with Crippen LogP contribution in [0.1, 0.15) is 39.5 Å². The molecule has 5 nitrogen and oxygen atoms in total. The lowest BCUT2D eigenvalue weighted by molar-refractivity contribution is -0.141. The Morgan fingerprint density at radius 1 is 1.40 bits per heavy atom. The van der Waals surface area contributed by atoms with Gasteiger partial charge in [-0.15, -0.1) is 11.8 Å². The first-order chi connectivity index (χ1) is 9.49. The number of carbonyl (C=O) groups is 2. The van der Waals surface area contributed by atoms with Crippen LogP contribution in [-0.4, -0.2) is 47.2 Å². The lowest BCUT2D eigenvalue weighted by Gasteiger charge is -2.22. The van der Waals surface area contributed by atoms with Crippen molar-refractivity contribution in [3.63, 3.8) is 0 Å². The minimum Gasteiger partial charge on any atom is -0.480 e. The maximum Gasteiger partial charge on any atom is 0.326 e. The molecule has 0 spiro atoms. The molecule has 1 heterocycles. The van der Waals surface area contributed by atoms with Crippen LogP contribution < -0.4 is 5.32 Å². The van der Waals surface area contributed by atoms with E-state index in [0.29, 0.717) is 12.2 Å². The van der Waals surface area contributed by atoms with Crippen molar-refractivity contribution in [1.29, 1.82) is 0 Å².